The quantitative estimate of drug-likeness (QED) is 0.759. The highest BCUT2D eigenvalue weighted by Gasteiger charge is 2.19. The van der Waals surface area contributed by atoms with Gasteiger partial charge in [-0.2, -0.15) is 0 Å². The summed E-state index contributed by atoms with van der Waals surface area (Å²) in [5.41, 5.74) is 0. The second-order valence-corrected chi connectivity index (χ2v) is 3.49. The van der Waals surface area contributed by atoms with Crippen LogP contribution in [0.15, 0.2) is 24.3 Å². The van der Waals surface area contributed by atoms with Crippen molar-refractivity contribution < 1.29 is 13.9 Å². The number of hydrogen-bond acceptors (Lipinski definition) is 2. The van der Waals surface area contributed by atoms with E-state index >= 15 is 0 Å². The highest BCUT2D eigenvalue weighted by atomic mass is 19.1. The van der Waals surface area contributed by atoms with Crippen molar-refractivity contribution >= 4 is 5.91 Å². The van der Waals surface area contributed by atoms with Crippen molar-refractivity contribution in [2.24, 2.45) is 0 Å². The van der Waals surface area contributed by atoms with Gasteiger partial charge in [-0.15, -0.1) is 0 Å². The second kappa shape index (κ2) is 4.29. The Hall–Kier alpha value is -1.58. The molecular weight excluding hydrogens is 197 g/mol. The van der Waals surface area contributed by atoms with Gasteiger partial charge in [0.1, 0.15) is 11.6 Å². The summed E-state index contributed by atoms with van der Waals surface area (Å²) >= 11 is 0. The van der Waals surface area contributed by atoms with E-state index in [1.165, 1.54) is 12.1 Å². The molecule has 0 radical (unpaired) electrons. The molecule has 1 heterocycles. The minimum atomic E-state index is -0.333. The SMILES string of the molecule is O=C1CCCN1COc1cccc(F)c1. The number of amides is 1. The zero-order chi connectivity index (χ0) is 10.7. The van der Waals surface area contributed by atoms with Gasteiger partial charge in [0.05, 0.1) is 0 Å². The maximum Gasteiger partial charge on any atom is 0.225 e. The lowest BCUT2D eigenvalue weighted by Crippen LogP contribution is -2.28. The van der Waals surface area contributed by atoms with Crippen LogP contribution in [0.2, 0.25) is 0 Å². The maximum absolute atomic E-state index is 12.8. The number of halogens is 1. The number of ether oxygens (including phenoxy) is 1. The summed E-state index contributed by atoms with van der Waals surface area (Å²) in [6, 6.07) is 5.91. The minimum Gasteiger partial charge on any atom is -0.473 e. The van der Waals surface area contributed by atoms with Gasteiger partial charge < -0.3 is 9.64 Å². The van der Waals surface area contributed by atoms with Crippen molar-refractivity contribution in [3.05, 3.63) is 30.1 Å². The van der Waals surface area contributed by atoms with Gasteiger partial charge in [-0.25, -0.2) is 4.39 Å². The largest absolute Gasteiger partial charge is 0.473 e. The predicted octanol–water partition coefficient (Wildman–Crippen LogP) is 1.78. The average Bonchev–Trinajstić information content (AvgIpc) is 2.61. The smallest absolute Gasteiger partial charge is 0.225 e. The molecular formula is C11H12FNO2. The predicted molar refractivity (Wildman–Crippen MR) is 52.8 cm³/mol. The lowest BCUT2D eigenvalue weighted by molar-refractivity contribution is -0.130. The Morgan fingerprint density at radius 1 is 1.47 bits per heavy atom. The van der Waals surface area contributed by atoms with Gasteiger partial charge >= 0.3 is 0 Å². The van der Waals surface area contributed by atoms with Crippen LogP contribution in [-0.4, -0.2) is 24.1 Å². The van der Waals surface area contributed by atoms with Crippen molar-refractivity contribution in [1.82, 2.24) is 4.90 Å². The number of nitrogens with zero attached hydrogens (tertiary/aromatic N) is 1. The van der Waals surface area contributed by atoms with Crippen LogP contribution < -0.4 is 4.74 Å². The number of benzene rings is 1. The van der Waals surface area contributed by atoms with Crippen molar-refractivity contribution in [1.29, 1.82) is 0 Å². The van der Waals surface area contributed by atoms with Gasteiger partial charge in [-0.3, -0.25) is 4.79 Å². The molecule has 4 heteroatoms. The number of hydrogen-bond donors (Lipinski definition) is 0. The van der Waals surface area contributed by atoms with Gasteiger partial charge in [0.25, 0.3) is 0 Å². The molecule has 1 aromatic rings. The first-order valence-corrected chi connectivity index (χ1v) is 4.92. The zero-order valence-electron chi connectivity index (χ0n) is 8.28. The highest BCUT2D eigenvalue weighted by Crippen LogP contribution is 2.14. The molecule has 0 atom stereocenters. The Kier molecular flexibility index (Phi) is 2.85. The molecule has 1 fully saturated rings. The molecule has 1 aliphatic rings. The number of likely N-dealkylation sites (tertiary alicyclic amines) is 1. The Bertz CT molecular complexity index is 367. The van der Waals surface area contributed by atoms with E-state index in [0.29, 0.717) is 12.2 Å². The Balaban J connectivity index is 1.90. The standard InChI is InChI=1S/C11H12FNO2/c12-9-3-1-4-10(7-9)15-8-13-6-2-5-11(13)14/h1,3-4,7H,2,5-6,8H2. The van der Waals surface area contributed by atoms with Crippen LogP contribution in [0, 0.1) is 5.82 Å². The van der Waals surface area contributed by atoms with Crippen molar-refractivity contribution in [3.63, 3.8) is 0 Å². The van der Waals surface area contributed by atoms with Crippen molar-refractivity contribution in [2.75, 3.05) is 13.3 Å². The Morgan fingerprint density at radius 2 is 2.33 bits per heavy atom. The van der Waals surface area contributed by atoms with Gasteiger partial charge in [-0.1, -0.05) is 6.07 Å². The van der Waals surface area contributed by atoms with Crippen LogP contribution in [0.4, 0.5) is 4.39 Å². The zero-order valence-corrected chi connectivity index (χ0v) is 8.28. The number of carbonyl (C=O) groups is 1. The van der Waals surface area contributed by atoms with E-state index in [1.54, 1.807) is 17.0 Å². The molecule has 1 saturated heterocycles. The second-order valence-electron chi connectivity index (χ2n) is 3.49. The van der Waals surface area contributed by atoms with E-state index in [0.717, 1.165) is 13.0 Å². The molecule has 3 nitrogen and oxygen atoms in total. The third kappa shape index (κ3) is 2.46. The Morgan fingerprint density at radius 3 is 3.00 bits per heavy atom. The summed E-state index contributed by atoms with van der Waals surface area (Å²) in [5.74, 6) is 0.223. The molecule has 0 N–H and O–H groups in total. The summed E-state index contributed by atoms with van der Waals surface area (Å²) in [6.45, 7) is 0.941. The first-order chi connectivity index (χ1) is 7.25. The van der Waals surface area contributed by atoms with Crippen molar-refractivity contribution in [2.45, 2.75) is 12.8 Å². The number of carbonyl (C=O) groups excluding carboxylic acids is 1. The maximum atomic E-state index is 12.8. The van der Waals surface area contributed by atoms with Crippen LogP contribution in [0.5, 0.6) is 5.75 Å². The van der Waals surface area contributed by atoms with Gasteiger partial charge in [0.2, 0.25) is 5.91 Å². The summed E-state index contributed by atoms with van der Waals surface area (Å²) in [4.78, 5) is 12.9. The third-order valence-corrected chi connectivity index (χ3v) is 2.35. The van der Waals surface area contributed by atoms with E-state index in [-0.39, 0.29) is 18.5 Å². The topological polar surface area (TPSA) is 29.5 Å². The average molecular weight is 209 g/mol. The van der Waals surface area contributed by atoms with Crippen LogP contribution in [0.1, 0.15) is 12.8 Å². The van der Waals surface area contributed by atoms with Crippen LogP contribution in [0.25, 0.3) is 0 Å². The first-order valence-electron chi connectivity index (χ1n) is 4.92. The molecule has 80 valence electrons. The van der Waals surface area contributed by atoms with Crippen LogP contribution in [-0.2, 0) is 4.79 Å². The normalized spacial score (nSPS) is 15.8. The fourth-order valence-corrected chi connectivity index (χ4v) is 1.55. The molecule has 0 aliphatic carbocycles. The Labute approximate surface area is 87.5 Å². The lowest BCUT2D eigenvalue weighted by atomic mass is 10.3. The molecule has 0 aromatic heterocycles. The van der Waals surface area contributed by atoms with E-state index < -0.39 is 0 Å². The molecule has 0 saturated carbocycles. The van der Waals surface area contributed by atoms with Gasteiger partial charge in [0.15, 0.2) is 6.73 Å². The van der Waals surface area contributed by atoms with E-state index in [2.05, 4.69) is 0 Å². The lowest BCUT2D eigenvalue weighted by Gasteiger charge is -2.16. The van der Waals surface area contributed by atoms with E-state index in [4.69, 9.17) is 4.74 Å². The monoisotopic (exact) mass is 209 g/mol. The van der Waals surface area contributed by atoms with Crippen LogP contribution >= 0.6 is 0 Å². The first kappa shape index (κ1) is 9.96. The molecule has 0 spiro atoms. The van der Waals surface area contributed by atoms with Gasteiger partial charge in [-0.05, 0) is 18.6 Å². The fraction of sp³-hybridized carbons (Fsp3) is 0.364. The number of rotatable bonds is 3. The van der Waals surface area contributed by atoms with E-state index in [1.807, 2.05) is 0 Å². The molecule has 0 bridgehead atoms. The molecule has 1 aromatic carbocycles. The fourth-order valence-electron chi connectivity index (χ4n) is 1.55. The third-order valence-electron chi connectivity index (χ3n) is 2.35. The molecule has 1 amide bonds. The summed E-state index contributed by atoms with van der Waals surface area (Å²) in [6.07, 6.45) is 1.47. The molecule has 15 heavy (non-hydrogen) atoms. The van der Waals surface area contributed by atoms with Gasteiger partial charge in [0, 0.05) is 19.0 Å². The summed E-state index contributed by atoms with van der Waals surface area (Å²) < 4.78 is 18.1. The van der Waals surface area contributed by atoms with Crippen molar-refractivity contribution in [3.8, 4) is 5.75 Å². The highest BCUT2D eigenvalue weighted by molar-refractivity contribution is 5.77. The van der Waals surface area contributed by atoms with Crippen LogP contribution in [0.3, 0.4) is 0 Å². The molecule has 1 aliphatic heterocycles. The molecule has 2 rings (SSSR count). The minimum absolute atomic E-state index is 0.103. The van der Waals surface area contributed by atoms with E-state index in [9.17, 15) is 9.18 Å². The summed E-state index contributed by atoms with van der Waals surface area (Å²) in [5, 5.41) is 0. The summed E-state index contributed by atoms with van der Waals surface area (Å²) in [7, 11) is 0. The molecule has 0 unspecified atom stereocenters.